The number of hydrogen-bond acceptors (Lipinski definition) is 5. The van der Waals surface area contributed by atoms with E-state index in [1.807, 2.05) is 48.7 Å². The Labute approximate surface area is 219 Å². The van der Waals surface area contributed by atoms with Gasteiger partial charge < -0.3 is 0 Å². The summed E-state index contributed by atoms with van der Waals surface area (Å²) in [7, 11) is -1.69. The van der Waals surface area contributed by atoms with Gasteiger partial charge in [0.1, 0.15) is 0 Å². The summed E-state index contributed by atoms with van der Waals surface area (Å²) in [6, 6.07) is 23.1. The molecule has 38 heavy (non-hydrogen) atoms. The van der Waals surface area contributed by atoms with Crippen LogP contribution < -0.4 is 9.99 Å². The van der Waals surface area contributed by atoms with Crippen LogP contribution in [-0.2, 0) is 17.1 Å². The lowest BCUT2D eigenvalue weighted by Crippen LogP contribution is -2.29. The van der Waals surface area contributed by atoms with E-state index in [1.165, 1.54) is 10.6 Å². The van der Waals surface area contributed by atoms with Gasteiger partial charge in [-0.3, -0.25) is 23.4 Å². The first-order valence-corrected chi connectivity index (χ1v) is 14.0. The van der Waals surface area contributed by atoms with Gasteiger partial charge in [-0.05, 0) is 61.0 Å². The number of fused-ring (bicyclic) bond motifs is 4. The van der Waals surface area contributed by atoms with Crippen LogP contribution in [0.5, 0.6) is 0 Å². The van der Waals surface area contributed by atoms with Crippen LogP contribution >= 0.6 is 0 Å². The average Bonchev–Trinajstić information content (AvgIpc) is 3.18. The van der Waals surface area contributed by atoms with Crippen molar-refractivity contribution in [2.45, 2.75) is 6.92 Å². The molecule has 0 atom stereocenters. The Kier molecular flexibility index (Phi) is 5.53. The number of aryl methyl sites for hydroxylation is 1. The molecule has 0 radical (unpaired) electrons. The van der Waals surface area contributed by atoms with Crippen LogP contribution in [0, 0.1) is 0 Å². The smallest absolute Gasteiger partial charge is 0.293 e. The molecule has 0 spiro atoms. The molecule has 0 fully saturated rings. The molecule has 6 rings (SSSR count). The van der Waals surface area contributed by atoms with E-state index in [2.05, 4.69) is 16.0 Å². The van der Waals surface area contributed by atoms with Gasteiger partial charge in [-0.25, -0.2) is 13.2 Å². The molecule has 0 aliphatic carbocycles. The first-order valence-electron chi connectivity index (χ1n) is 12.2. The van der Waals surface area contributed by atoms with Gasteiger partial charge in [0.15, 0.2) is 0 Å². The number of hydrogen-bond donors (Lipinski definition) is 0. The minimum Gasteiger partial charge on any atom is -0.293 e. The van der Waals surface area contributed by atoms with E-state index >= 15 is 0 Å². The van der Waals surface area contributed by atoms with E-state index in [9.17, 15) is 13.2 Å². The van der Waals surface area contributed by atoms with Crippen LogP contribution in [0.2, 0.25) is 0 Å². The van der Waals surface area contributed by atoms with E-state index in [0.29, 0.717) is 23.4 Å². The molecular weight excluding hydrogens is 498 g/mol. The van der Waals surface area contributed by atoms with Gasteiger partial charge in [0, 0.05) is 36.1 Å². The van der Waals surface area contributed by atoms with Gasteiger partial charge in [0.25, 0.3) is 0 Å². The van der Waals surface area contributed by atoms with Crippen molar-refractivity contribution in [3.05, 3.63) is 95.7 Å². The van der Waals surface area contributed by atoms with Gasteiger partial charge in [-0.15, -0.1) is 0 Å². The van der Waals surface area contributed by atoms with Crippen LogP contribution in [0.25, 0.3) is 49.7 Å². The second-order valence-corrected chi connectivity index (χ2v) is 11.2. The van der Waals surface area contributed by atoms with Crippen LogP contribution in [0.15, 0.2) is 90.0 Å². The number of rotatable bonds is 5. The molecule has 6 aromatic rings. The molecular formula is C29H25N5O3S. The molecule has 3 aromatic heterocycles. The highest BCUT2D eigenvalue weighted by Crippen LogP contribution is 2.31. The third-order valence-electron chi connectivity index (χ3n) is 6.89. The summed E-state index contributed by atoms with van der Waals surface area (Å²) in [5, 5.41) is 1.88. The number of imidazole rings is 1. The summed E-state index contributed by atoms with van der Waals surface area (Å²) in [4.78, 5) is 22.7. The molecule has 0 saturated carbocycles. The Morgan fingerprint density at radius 2 is 1.61 bits per heavy atom. The van der Waals surface area contributed by atoms with Crippen LogP contribution in [0.3, 0.4) is 0 Å². The zero-order valence-electron chi connectivity index (χ0n) is 21.2. The van der Waals surface area contributed by atoms with Crippen molar-refractivity contribution in [2.75, 3.05) is 17.1 Å². The maximum absolute atomic E-state index is 13.4. The number of nitrogens with zero attached hydrogens (tertiary/aromatic N) is 5. The van der Waals surface area contributed by atoms with Gasteiger partial charge in [0.2, 0.25) is 10.0 Å². The number of sulfonamides is 1. The fraction of sp³-hybridized carbons (Fsp3) is 0.138. The second-order valence-electron chi connectivity index (χ2n) is 9.26. The molecule has 3 aromatic carbocycles. The quantitative estimate of drug-likeness (QED) is 0.321. The highest BCUT2D eigenvalue weighted by Gasteiger charge is 2.19. The van der Waals surface area contributed by atoms with Crippen molar-refractivity contribution in [1.29, 1.82) is 0 Å². The van der Waals surface area contributed by atoms with E-state index in [0.717, 1.165) is 38.4 Å². The van der Waals surface area contributed by atoms with Gasteiger partial charge in [-0.2, -0.15) is 0 Å². The Balaban J connectivity index is 1.56. The molecule has 190 valence electrons. The van der Waals surface area contributed by atoms with Crippen LogP contribution in [-0.4, -0.2) is 40.3 Å². The number of benzene rings is 3. The maximum Gasteiger partial charge on any atom is 0.333 e. The molecule has 0 aliphatic heterocycles. The molecule has 0 N–H and O–H groups in total. The summed E-state index contributed by atoms with van der Waals surface area (Å²) in [6.07, 6.45) is 4.75. The molecule has 0 saturated heterocycles. The molecule has 0 bridgehead atoms. The van der Waals surface area contributed by atoms with Crippen molar-refractivity contribution in [1.82, 2.24) is 19.1 Å². The number of aromatic nitrogens is 4. The Hall–Kier alpha value is -4.50. The van der Waals surface area contributed by atoms with Crippen molar-refractivity contribution in [3.63, 3.8) is 0 Å². The average molecular weight is 524 g/mol. The summed E-state index contributed by atoms with van der Waals surface area (Å²) < 4.78 is 28.9. The lowest BCUT2D eigenvalue weighted by molar-refractivity contribution is 0.598. The van der Waals surface area contributed by atoms with Crippen LogP contribution in [0.4, 0.5) is 5.69 Å². The Morgan fingerprint density at radius 3 is 2.34 bits per heavy atom. The minimum absolute atomic E-state index is 0.213. The second kappa shape index (κ2) is 8.81. The lowest BCUT2D eigenvalue weighted by Gasteiger charge is -2.20. The SMILES string of the molecule is CCN(c1ccc(-n2c(=O)n(C)c3cnc4ccc(-c5cnc6ccccc6c5)cc4c32)cc1)S(C)(=O)=O. The predicted molar refractivity (Wildman–Crippen MR) is 152 cm³/mol. The van der Waals surface area contributed by atoms with Gasteiger partial charge >= 0.3 is 5.69 Å². The molecule has 3 heterocycles. The zero-order valence-corrected chi connectivity index (χ0v) is 22.0. The topological polar surface area (TPSA) is 90.1 Å². The van der Waals surface area contributed by atoms with Crippen molar-refractivity contribution in [3.8, 4) is 16.8 Å². The number of pyridine rings is 2. The summed E-state index contributed by atoms with van der Waals surface area (Å²) in [5.74, 6) is 0. The summed E-state index contributed by atoms with van der Waals surface area (Å²) in [5.41, 5.74) is 6.04. The van der Waals surface area contributed by atoms with Crippen LogP contribution in [0.1, 0.15) is 6.92 Å². The normalized spacial score (nSPS) is 12.0. The molecule has 0 unspecified atom stereocenters. The van der Waals surface area contributed by atoms with Crippen molar-refractivity contribution < 1.29 is 8.42 Å². The van der Waals surface area contributed by atoms with Crippen molar-refractivity contribution >= 4 is 48.5 Å². The highest BCUT2D eigenvalue weighted by molar-refractivity contribution is 7.92. The third kappa shape index (κ3) is 3.83. The summed E-state index contributed by atoms with van der Waals surface area (Å²) >= 11 is 0. The standard InChI is InChI=1S/C29H25N5O3S/c1-4-33(38(3,36)37)22-10-12-23(13-11-22)34-28-24-16-19(21-15-20-7-5-6-8-25(20)30-17-21)9-14-26(24)31-18-27(28)32(2)29(34)35/h5-18H,4H2,1-3H3. The monoisotopic (exact) mass is 523 g/mol. The molecule has 0 aliphatic rings. The van der Waals surface area contributed by atoms with E-state index < -0.39 is 10.0 Å². The van der Waals surface area contributed by atoms with Crippen molar-refractivity contribution in [2.24, 2.45) is 7.05 Å². The zero-order chi connectivity index (χ0) is 26.6. The summed E-state index contributed by atoms with van der Waals surface area (Å²) in [6.45, 7) is 2.10. The number of anilines is 1. The third-order valence-corrected chi connectivity index (χ3v) is 8.16. The van der Waals surface area contributed by atoms with E-state index in [-0.39, 0.29) is 5.69 Å². The van der Waals surface area contributed by atoms with E-state index in [4.69, 9.17) is 0 Å². The lowest BCUT2D eigenvalue weighted by atomic mass is 10.0. The van der Waals surface area contributed by atoms with Gasteiger partial charge in [-0.1, -0.05) is 24.3 Å². The van der Waals surface area contributed by atoms with E-state index in [1.54, 1.807) is 53.6 Å². The molecule has 0 amide bonds. The Morgan fingerprint density at radius 1 is 0.868 bits per heavy atom. The number of para-hydroxylation sites is 1. The minimum atomic E-state index is -3.41. The first-order chi connectivity index (χ1) is 18.3. The largest absolute Gasteiger partial charge is 0.333 e. The van der Waals surface area contributed by atoms with Gasteiger partial charge in [0.05, 0.1) is 45.9 Å². The molecule has 9 heteroatoms. The predicted octanol–water partition coefficient (Wildman–Crippen LogP) is 4.88. The Bertz CT molecular complexity index is 2030. The fourth-order valence-corrected chi connectivity index (χ4v) is 6.00. The highest BCUT2D eigenvalue weighted by atomic mass is 32.2. The molecule has 8 nitrogen and oxygen atoms in total. The fourth-order valence-electron chi connectivity index (χ4n) is 5.02. The maximum atomic E-state index is 13.4. The first kappa shape index (κ1) is 23.9.